The van der Waals surface area contributed by atoms with Crippen LogP contribution in [-0.2, 0) is 14.1 Å². The normalized spacial score (nSPS) is 11.1. The minimum atomic E-state index is -0.277. The van der Waals surface area contributed by atoms with Gasteiger partial charge in [0.25, 0.3) is 0 Å². The minimum absolute atomic E-state index is 0.277. The zero-order valence-corrected chi connectivity index (χ0v) is 13.3. The van der Waals surface area contributed by atoms with E-state index in [1.807, 2.05) is 32.6 Å². The van der Waals surface area contributed by atoms with E-state index in [1.165, 1.54) is 12.1 Å². The topological polar surface area (TPSA) is 53.5 Å². The van der Waals surface area contributed by atoms with E-state index < -0.39 is 0 Å². The highest BCUT2D eigenvalue weighted by atomic mass is 19.1. The van der Waals surface area contributed by atoms with E-state index in [0.717, 1.165) is 28.2 Å². The van der Waals surface area contributed by atoms with E-state index in [2.05, 4.69) is 15.3 Å². The molecule has 120 valence electrons. The Balaban J connectivity index is 1.89. The number of aromatic nitrogens is 6. The van der Waals surface area contributed by atoms with Gasteiger partial charge in [0.15, 0.2) is 0 Å². The molecule has 0 amide bonds. The first kappa shape index (κ1) is 14.4. The van der Waals surface area contributed by atoms with Gasteiger partial charge in [-0.05, 0) is 30.3 Å². The Bertz CT molecular complexity index is 992. The van der Waals surface area contributed by atoms with E-state index >= 15 is 0 Å². The SMILES string of the molecule is Cn1cc(-c2cc(-c3cnn(C)c3)n(-c3ccc(F)cc3)n2)cn1. The first-order valence-electron chi connectivity index (χ1n) is 7.44. The molecule has 1 aromatic carbocycles. The summed E-state index contributed by atoms with van der Waals surface area (Å²) in [5, 5.41) is 13.1. The lowest BCUT2D eigenvalue weighted by molar-refractivity contribution is 0.627. The Morgan fingerprint density at radius 3 is 2.08 bits per heavy atom. The third-order valence-corrected chi connectivity index (χ3v) is 3.78. The van der Waals surface area contributed by atoms with Gasteiger partial charge in [-0.25, -0.2) is 9.07 Å². The summed E-state index contributed by atoms with van der Waals surface area (Å²) in [5.41, 5.74) is 4.32. The summed E-state index contributed by atoms with van der Waals surface area (Å²) in [7, 11) is 3.73. The predicted molar refractivity (Wildman–Crippen MR) is 87.9 cm³/mol. The van der Waals surface area contributed by atoms with Crippen molar-refractivity contribution in [2.45, 2.75) is 0 Å². The van der Waals surface area contributed by atoms with Gasteiger partial charge in [0.05, 0.1) is 29.5 Å². The van der Waals surface area contributed by atoms with Crippen molar-refractivity contribution in [3.63, 3.8) is 0 Å². The monoisotopic (exact) mass is 322 g/mol. The molecule has 4 aromatic rings. The quantitative estimate of drug-likeness (QED) is 0.583. The number of rotatable bonds is 3. The molecule has 3 heterocycles. The highest BCUT2D eigenvalue weighted by Crippen LogP contribution is 2.28. The maximum atomic E-state index is 13.2. The number of nitrogens with zero attached hydrogens (tertiary/aromatic N) is 6. The van der Waals surface area contributed by atoms with Gasteiger partial charge >= 0.3 is 0 Å². The van der Waals surface area contributed by atoms with Gasteiger partial charge in [-0.3, -0.25) is 9.36 Å². The lowest BCUT2D eigenvalue weighted by atomic mass is 10.2. The van der Waals surface area contributed by atoms with Crippen molar-refractivity contribution in [1.82, 2.24) is 29.3 Å². The molecule has 0 saturated carbocycles. The van der Waals surface area contributed by atoms with E-state index in [-0.39, 0.29) is 5.82 Å². The summed E-state index contributed by atoms with van der Waals surface area (Å²) < 4.78 is 18.5. The van der Waals surface area contributed by atoms with Crippen molar-refractivity contribution in [3.8, 4) is 28.2 Å². The number of benzene rings is 1. The summed E-state index contributed by atoms with van der Waals surface area (Å²) in [6.45, 7) is 0. The molecule has 0 atom stereocenters. The third-order valence-electron chi connectivity index (χ3n) is 3.78. The molecule has 0 aliphatic carbocycles. The molecule has 7 heteroatoms. The van der Waals surface area contributed by atoms with Crippen molar-refractivity contribution in [2.24, 2.45) is 14.1 Å². The Morgan fingerprint density at radius 1 is 0.875 bits per heavy atom. The van der Waals surface area contributed by atoms with Gasteiger partial charge in [0.2, 0.25) is 0 Å². The average Bonchev–Trinajstić information content (AvgIpc) is 3.27. The summed E-state index contributed by atoms with van der Waals surface area (Å²) in [5.74, 6) is -0.277. The zero-order valence-electron chi connectivity index (χ0n) is 13.3. The first-order chi connectivity index (χ1) is 11.6. The lowest BCUT2D eigenvalue weighted by Crippen LogP contribution is -1.99. The summed E-state index contributed by atoms with van der Waals surface area (Å²) in [6, 6.07) is 8.24. The summed E-state index contributed by atoms with van der Waals surface area (Å²) in [6.07, 6.45) is 7.38. The maximum absolute atomic E-state index is 13.2. The zero-order chi connectivity index (χ0) is 16.7. The summed E-state index contributed by atoms with van der Waals surface area (Å²) >= 11 is 0. The summed E-state index contributed by atoms with van der Waals surface area (Å²) in [4.78, 5) is 0. The highest BCUT2D eigenvalue weighted by Gasteiger charge is 2.15. The van der Waals surface area contributed by atoms with Crippen LogP contribution in [0, 0.1) is 5.82 Å². The van der Waals surface area contributed by atoms with E-state index in [9.17, 15) is 4.39 Å². The molecule has 0 N–H and O–H groups in total. The van der Waals surface area contributed by atoms with Crippen LogP contribution in [0.15, 0.2) is 55.1 Å². The van der Waals surface area contributed by atoms with Crippen molar-refractivity contribution in [3.05, 3.63) is 60.9 Å². The van der Waals surface area contributed by atoms with Crippen LogP contribution in [0.1, 0.15) is 0 Å². The van der Waals surface area contributed by atoms with Gasteiger partial charge in [-0.2, -0.15) is 15.3 Å². The van der Waals surface area contributed by atoms with Crippen LogP contribution in [0.25, 0.3) is 28.2 Å². The van der Waals surface area contributed by atoms with Gasteiger partial charge in [0, 0.05) is 37.6 Å². The van der Waals surface area contributed by atoms with Crippen LogP contribution in [0.5, 0.6) is 0 Å². The third kappa shape index (κ3) is 2.50. The second-order valence-corrected chi connectivity index (χ2v) is 5.61. The van der Waals surface area contributed by atoms with Crippen molar-refractivity contribution >= 4 is 0 Å². The molecule has 0 aliphatic heterocycles. The smallest absolute Gasteiger partial charge is 0.123 e. The molecule has 0 aliphatic rings. The van der Waals surface area contributed by atoms with Gasteiger partial charge < -0.3 is 0 Å². The van der Waals surface area contributed by atoms with Crippen molar-refractivity contribution in [1.29, 1.82) is 0 Å². The second kappa shape index (κ2) is 5.45. The largest absolute Gasteiger partial charge is 0.275 e. The van der Waals surface area contributed by atoms with E-state index in [4.69, 9.17) is 0 Å². The second-order valence-electron chi connectivity index (χ2n) is 5.61. The molecule has 0 saturated heterocycles. The molecular formula is C17H15FN6. The molecule has 4 rings (SSSR count). The molecule has 0 bridgehead atoms. The molecule has 0 radical (unpaired) electrons. The van der Waals surface area contributed by atoms with Crippen LogP contribution in [-0.4, -0.2) is 29.3 Å². The van der Waals surface area contributed by atoms with E-state index in [0.29, 0.717) is 0 Å². The highest BCUT2D eigenvalue weighted by molar-refractivity contribution is 5.69. The fourth-order valence-corrected chi connectivity index (χ4v) is 2.61. The maximum Gasteiger partial charge on any atom is 0.123 e. The molecule has 0 spiro atoms. The van der Waals surface area contributed by atoms with Crippen molar-refractivity contribution in [2.75, 3.05) is 0 Å². The first-order valence-corrected chi connectivity index (χ1v) is 7.44. The number of aryl methyl sites for hydroxylation is 2. The average molecular weight is 322 g/mol. The van der Waals surface area contributed by atoms with E-state index in [1.54, 1.807) is 38.6 Å². The van der Waals surface area contributed by atoms with Gasteiger partial charge in [0.1, 0.15) is 5.82 Å². The fraction of sp³-hybridized carbons (Fsp3) is 0.118. The minimum Gasteiger partial charge on any atom is -0.275 e. The Labute approximate surface area is 137 Å². The number of hydrogen-bond acceptors (Lipinski definition) is 3. The molecule has 0 unspecified atom stereocenters. The van der Waals surface area contributed by atoms with Crippen LogP contribution in [0.3, 0.4) is 0 Å². The van der Waals surface area contributed by atoms with Gasteiger partial charge in [-0.1, -0.05) is 0 Å². The lowest BCUT2D eigenvalue weighted by Gasteiger charge is -2.05. The molecule has 0 fully saturated rings. The standard InChI is InChI=1S/C17H15FN6/c1-22-10-12(8-19-22)16-7-17(13-9-20-23(2)11-13)24(21-16)15-5-3-14(18)4-6-15/h3-11H,1-2H3. The molecule has 24 heavy (non-hydrogen) atoms. The number of hydrogen-bond donors (Lipinski definition) is 0. The van der Waals surface area contributed by atoms with Crippen LogP contribution in [0.4, 0.5) is 4.39 Å². The Hall–Kier alpha value is -3.22. The molecule has 3 aromatic heterocycles. The number of halogens is 1. The van der Waals surface area contributed by atoms with Crippen LogP contribution in [0.2, 0.25) is 0 Å². The van der Waals surface area contributed by atoms with Crippen LogP contribution >= 0.6 is 0 Å². The molecular weight excluding hydrogens is 307 g/mol. The Morgan fingerprint density at radius 2 is 1.50 bits per heavy atom. The Kier molecular flexibility index (Phi) is 3.26. The molecule has 6 nitrogen and oxygen atoms in total. The van der Waals surface area contributed by atoms with Crippen LogP contribution < -0.4 is 0 Å². The van der Waals surface area contributed by atoms with Crippen molar-refractivity contribution < 1.29 is 4.39 Å². The predicted octanol–water partition coefficient (Wildman–Crippen LogP) is 2.81. The van der Waals surface area contributed by atoms with Gasteiger partial charge in [-0.15, -0.1) is 0 Å². The fourth-order valence-electron chi connectivity index (χ4n) is 2.61.